The van der Waals surface area contributed by atoms with Crippen molar-refractivity contribution in [3.63, 3.8) is 0 Å². The average molecular weight is 228 g/mol. The van der Waals surface area contributed by atoms with Crippen molar-refractivity contribution in [2.45, 2.75) is 64.4 Å². The van der Waals surface area contributed by atoms with Crippen LogP contribution in [0.2, 0.25) is 0 Å². The van der Waals surface area contributed by atoms with Crippen LogP contribution in [0.4, 0.5) is 0 Å². The van der Waals surface area contributed by atoms with Crippen LogP contribution in [0.25, 0.3) is 0 Å². The van der Waals surface area contributed by atoms with E-state index in [1.165, 1.54) is 12.8 Å². The molecule has 0 bridgehead atoms. The molecular weight excluding hydrogens is 204 g/mol. The summed E-state index contributed by atoms with van der Waals surface area (Å²) in [5, 5.41) is 9.63. The van der Waals surface area contributed by atoms with Crippen LogP contribution >= 0.6 is 0 Å². The second kappa shape index (κ2) is 7.66. The highest BCUT2D eigenvalue weighted by Gasteiger charge is 2.24. The molecule has 3 heteroatoms. The number of esters is 1. The van der Waals surface area contributed by atoms with Gasteiger partial charge >= 0.3 is 5.97 Å². The molecule has 94 valence electrons. The monoisotopic (exact) mass is 228 g/mol. The highest BCUT2D eigenvalue weighted by atomic mass is 16.5. The number of ether oxygens (including phenoxy) is 1. The van der Waals surface area contributed by atoms with Gasteiger partial charge in [-0.2, -0.15) is 0 Å². The highest BCUT2D eigenvalue weighted by Crippen LogP contribution is 2.29. The van der Waals surface area contributed by atoms with Gasteiger partial charge < -0.3 is 9.84 Å². The smallest absolute Gasteiger partial charge is 0.305 e. The maximum Gasteiger partial charge on any atom is 0.305 e. The van der Waals surface area contributed by atoms with Crippen molar-refractivity contribution in [3.8, 4) is 0 Å². The van der Waals surface area contributed by atoms with Crippen molar-refractivity contribution >= 4 is 5.97 Å². The molecule has 1 aliphatic rings. The molecule has 0 aliphatic heterocycles. The Labute approximate surface area is 98.2 Å². The normalized spacial score (nSPS) is 24.6. The molecule has 1 aliphatic carbocycles. The minimum absolute atomic E-state index is 0.0648. The summed E-state index contributed by atoms with van der Waals surface area (Å²) in [4.78, 5) is 11.1. The first kappa shape index (κ1) is 13.5. The van der Waals surface area contributed by atoms with Crippen LogP contribution < -0.4 is 0 Å². The van der Waals surface area contributed by atoms with E-state index in [4.69, 9.17) is 4.74 Å². The second-order valence-corrected chi connectivity index (χ2v) is 4.66. The van der Waals surface area contributed by atoms with E-state index in [0.29, 0.717) is 18.9 Å². The van der Waals surface area contributed by atoms with E-state index >= 15 is 0 Å². The molecule has 0 aromatic heterocycles. The Balaban J connectivity index is 1.93. The van der Waals surface area contributed by atoms with E-state index in [0.717, 1.165) is 32.1 Å². The minimum Gasteiger partial charge on any atom is -0.466 e. The third kappa shape index (κ3) is 4.97. The SMILES string of the molecule is CCOC(=O)CCCCCC1CCCC1O. The molecule has 3 nitrogen and oxygen atoms in total. The fourth-order valence-corrected chi connectivity index (χ4v) is 2.44. The molecule has 1 fully saturated rings. The summed E-state index contributed by atoms with van der Waals surface area (Å²) >= 11 is 0. The molecule has 0 heterocycles. The summed E-state index contributed by atoms with van der Waals surface area (Å²) in [6.07, 6.45) is 8.04. The Morgan fingerprint density at radius 3 is 2.75 bits per heavy atom. The highest BCUT2D eigenvalue weighted by molar-refractivity contribution is 5.69. The number of carbonyl (C=O) groups excluding carboxylic acids is 1. The van der Waals surface area contributed by atoms with E-state index < -0.39 is 0 Å². The van der Waals surface area contributed by atoms with E-state index in [9.17, 15) is 9.90 Å². The molecule has 1 rings (SSSR count). The predicted octanol–water partition coefficient (Wildman–Crippen LogP) is 2.66. The van der Waals surface area contributed by atoms with Crippen LogP contribution in [-0.2, 0) is 9.53 Å². The lowest BCUT2D eigenvalue weighted by Gasteiger charge is -2.13. The van der Waals surface area contributed by atoms with Crippen LogP contribution in [-0.4, -0.2) is 23.8 Å². The standard InChI is InChI=1S/C13H24O3/c1-2-16-13(15)10-5-3-4-7-11-8-6-9-12(11)14/h11-12,14H,2-10H2,1H3. The summed E-state index contributed by atoms with van der Waals surface area (Å²) in [5.74, 6) is 0.436. The minimum atomic E-state index is -0.0802. The van der Waals surface area contributed by atoms with Gasteiger partial charge in [-0.1, -0.05) is 19.3 Å². The zero-order valence-electron chi connectivity index (χ0n) is 10.3. The average Bonchev–Trinajstić information content (AvgIpc) is 2.64. The van der Waals surface area contributed by atoms with E-state index in [2.05, 4.69) is 0 Å². The summed E-state index contributed by atoms with van der Waals surface area (Å²) in [5.41, 5.74) is 0. The fourth-order valence-electron chi connectivity index (χ4n) is 2.44. The molecule has 2 unspecified atom stereocenters. The number of hydrogen-bond acceptors (Lipinski definition) is 3. The molecule has 0 amide bonds. The summed E-state index contributed by atoms with van der Waals surface area (Å²) < 4.78 is 4.86. The van der Waals surface area contributed by atoms with Gasteiger partial charge in [0.25, 0.3) is 0 Å². The Hall–Kier alpha value is -0.570. The Morgan fingerprint density at radius 1 is 1.31 bits per heavy atom. The van der Waals surface area contributed by atoms with Crippen LogP contribution in [0.5, 0.6) is 0 Å². The van der Waals surface area contributed by atoms with Gasteiger partial charge in [-0.05, 0) is 38.5 Å². The van der Waals surface area contributed by atoms with Crippen molar-refractivity contribution in [3.05, 3.63) is 0 Å². The van der Waals surface area contributed by atoms with Gasteiger partial charge in [0.2, 0.25) is 0 Å². The summed E-state index contributed by atoms with van der Waals surface area (Å²) in [6.45, 7) is 2.31. The molecule has 1 N–H and O–H groups in total. The molecule has 1 saturated carbocycles. The quantitative estimate of drug-likeness (QED) is 0.538. The zero-order chi connectivity index (χ0) is 11.8. The molecule has 0 aromatic rings. The van der Waals surface area contributed by atoms with Crippen molar-refractivity contribution in [2.24, 2.45) is 5.92 Å². The number of hydrogen-bond donors (Lipinski definition) is 1. The van der Waals surface area contributed by atoms with Gasteiger partial charge in [0.1, 0.15) is 0 Å². The molecule has 16 heavy (non-hydrogen) atoms. The number of unbranched alkanes of at least 4 members (excludes halogenated alkanes) is 2. The Bertz CT molecular complexity index is 203. The molecule has 2 atom stereocenters. The number of aliphatic hydroxyl groups excluding tert-OH is 1. The van der Waals surface area contributed by atoms with Crippen molar-refractivity contribution < 1.29 is 14.6 Å². The van der Waals surface area contributed by atoms with Gasteiger partial charge in [0, 0.05) is 6.42 Å². The fraction of sp³-hybridized carbons (Fsp3) is 0.923. The van der Waals surface area contributed by atoms with Crippen LogP contribution in [0.3, 0.4) is 0 Å². The second-order valence-electron chi connectivity index (χ2n) is 4.66. The van der Waals surface area contributed by atoms with Gasteiger partial charge in [0.15, 0.2) is 0 Å². The number of rotatable bonds is 7. The summed E-state index contributed by atoms with van der Waals surface area (Å²) in [7, 11) is 0. The lowest BCUT2D eigenvalue weighted by molar-refractivity contribution is -0.143. The van der Waals surface area contributed by atoms with Gasteiger partial charge in [0.05, 0.1) is 12.7 Å². The third-order valence-electron chi connectivity index (χ3n) is 3.38. The molecule has 0 radical (unpaired) electrons. The summed E-state index contributed by atoms with van der Waals surface area (Å²) in [6, 6.07) is 0. The van der Waals surface area contributed by atoms with Crippen molar-refractivity contribution in [2.75, 3.05) is 6.61 Å². The van der Waals surface area contributed by atoms with Gasteiger partial charge in [-0.3, -0.25) is 4.79 Å². The zero-order valence-corrected chi connectivity index (χ0v) is 10.3. The van der Waals surface area contributed by atoms with Crippen molar-refractivity contribution in [1.29, 1.82) is 0 Å². The predicted molar refractivity (Wildman–Crippen MR) is 63.1 cm³/mol. The first-order chi connectivity index (χ1) is 7.74. The van der Waals surface area contributed by atoms with Crippen LogP contribution in [0, 0.1) is 5.92 Å². The molecule has 0 spiro atoms. The molecular formula is C13H24O3. The number of aliphatic hydroxyl groups is 1. The first-order valence-electron chi connectivity index (χ1n) is 6.57. The van der Waals surface area contributed by atoms with E-state index in [1.54, 1.807) is 0 Å². The van der Waals surface area contributed by atoms with E-state index in [1.807, 2.05) is 6.92 Å². The van der Waals surface area contributed by atoms with E-state index in [-0.39, 0.29) is 12.1 Å². The first-order valence-corrected chi connectivity index (χ1v) is 6.57. The maximum absolute atomic E-state index is 11.1. The maximum atomic E-state index is 11.1. The largest absolute Gasteiger partial charge is 0.466 e. The van der Waals surface area contributed by atoms with Gasteiger partial charge in [-0.25, -0.2) is 0 Å². The lowest BCUT2D eigenvalue weighted by Crippen LogP contribution is -2.12. The van der Waals surface area contributed by atoms with Crippen LogP contribution in [0.15, 0.2) is 0 Å². The lowest BCUT2D eigenvalue weighted by atomic mass is 9.97. The number of carbonyl (C=O) groups is 1. The Morgan fingerprint density at radius 2 is 2.12 bits per heavy atom. The Kier molecular flexibility index (Phi) is 6.46. The molecule has 0 saturated heterocycles. The molecule has 0 aromatic carbocycles. The van der Waals surface area contributed by atoms with Crippen LogP contribution in [0.1, 0.15) is 58.3 Å². The van der Waals surface area contributed by atoms with Crippen molar-refractivity contribution in [1.82, 2.24) is 0 Å². The van der Waals surface area contributed by atoms with Gasteiger partial charge in [-0.15, -0.1) is 0 Å². The third-order valence-corrected chi connectivity index (χ3v) is 3.38. The topological polar surface area (TPSA) is 46.5 Å².